The number of rotatable bonds is 6. The van der Waals surface area contributed by atoms with Crippen LogP contribution in [0.5, 0.6) is 0 Å². The zero-order valence-corrected chi connectivity index (χ0v) is 15.8. The molecule has 0 saturated carbocycles. The van der Waals surface area contributed by atoms with Crippen LogP contribution in [0.1, 0.15) is 10.4 Å². The number of tetrazole rings is 1. The molecule has 142 valence electrons. The van der Waals surface area contributed by atoms with Crippen LogP contribution < -0.4 is 5.32 Å². The maximum atomic E-state index is 13.0. The van der Waals surface area contributed by atoms with Crippen molar-refractivity contribution in [3.8, 4) is 5.69 Å². The van der Waals surface area contributed by atoms with Gasteiger partial charge in [-0.2, -0.15) is 4.68 Å². The number of hydrogen-bond donors (Lipinski definition) is 1. The van der Waals surface area contributed by atoms with Crippen molar-refractivity contribution in [2.45, 2.75) is 6.54 Å². The van der Waals surface area contributed by atoms with Crippen LogP contribution in [0, 0.1) is 0 Å². The molecule has 28 heavy (non-hydrogen) atoms. The van der Waals surface area contributed by atoms with Gasteiger partial charge in [0.05, 0.1) is 29.1 Å². The lowest BCUT2D eigenvalue weighted by Gasteiger charge is -2.11. The van der Waals surface area contributed by atoms with E-state index in [1.54, 1.807) is 25.3 Å². The Hall–Kier alpha value is -3.23. The molecule has 0 spiro atoms. The summed E-state index contributed by atoms with van der Waals surface area (Å²) in [5.41, 5.74) is 2.65. The highest BCUT2D eigenvalue weighted by Gasteiger charge is 2.16. The third-order valence-corrected chi connectivity index (χ3v) is 4.63. The van der Waals surface area contributed by atoms with Gasteiger partial charge in [0.25, 0.3) is 5.91 Å². The van der Waals surface area contributed by atoms with Crippen LogP contribution in [0.3, 0.4) is 0 Å². The lowest BCUT2D eigenvalue weighted by molar-refractivity contribution is 0.102. The van der Waals surface area contributed by atoms with Crippen LogP contribution in [0.4, 0.5) is 5.69 Å². The average molecular weight is 397 g/mol. The van der Waals surface area contributed by atoms with Crippen molar-refractivity contribution < 1.29 is 9.53 Å². The van der Waals surface area contributed by atoms with Crippen LogP contribution in [-0.4, -0.2) is 44.4 Å². The van der Waals surface area contributed by atoms with Crippen molar-refractivity contribution in [1.29, 1.82) is 0 Å². The molecule has 0 radical (unpaired) electrons. The molecule has 2 aromatic carbocycles. The van der Waals surface area contributed by atoms with Gasteiger partial charge in [-0.1, -0.05) is 17.7 Å². The minimum absolute atomic E-state index is 0.278. The first-order valence-electron chi connectivity index (χ1n) is 8.58. The van der Waals surface area contributed by atoms with Gasteiger partial charge in [0.1, 0.15) is 6.33 Å². The third-order valence-electron chi connectivity index (χ3n) is 4.40. The lowest BCUT2D eigenvalue weighted by Crippen LogP contribution is -2.15. The molecule has 2 aromatic heterocycles. The summed E-state index contributed by atoms with van der Waals surface area (Å²) in [6.07, 6.45) is 3.40. The fourth-order valence-electron chi connectivity index (χ4n) is 3.06. The Bertz CT molecular complexity index is 1120. The molecule has 1 amide bonds. The van der Waals surface area contributed by atoms with Gasteiger partial charge in [0.2, 0.25) is 0 Å². The first kappa shape index (κ1) is 18.1. The highest BCUT2D eigenvalue weighted by atomic mass is 35.5. The fourth-order valence-corrected chi connectivity index (χ4v) is 3.23. The van der Waals surface area contributed by atoms with E-state index in [0.29, 0.717) is 22.9 Å². The molecule has 4 aromatic rings. The minimum atomic E-state index is -0.278. The number of nitrogens with zero attached hydrogens (tertiary/aromatic N) is 5. The second kappa shape index (κ2) is 7.79. The van der Waals surface area contributed by atoms with Gasteiger partial charge >= 0.3 is 0 Å². The Labute approximate surface area is 165 Å². The van der Waals surface area contributed by atoms with E-state index < -0.39 is 0 Å². The largest absolute Gasteiger partial charge is 0.383 e. The van der Waals surface area contributed by atoms with E-state index in [0.717, 1.165) is 23.1 Å². The van der Waals surface area contributed by atoms with E-state index in [4.69, 9.17) is 16.3 Å². The number of methoxy groups -OCH3 is 1. The van der Waals surface area contributed by atoms with Crippen molar-refractivity contribution in [2.24, 2.45) is 0 Å². The molecule has 8 nitrogen and oxygen atoms in total. The molecule has 2 heterocycles. The molecule has 4 rings (SSSR count). The predicted molar refractivity (Wildman–Crippen MR) is 106 cm³/mol. The number of fused-ring (bicyclic) bond motifs is 1. The Balaban J connectivity index is 1.67. The molecule has 0 aliphatic rings. The maximum absolute atomic E-state index is 13.0. The molecule has 0 aliphatic carbocycles. The topological polar surface area (TPSA) is 86.9 Å². The summed E-state index contributed by atoms with van der Waals surface area (Å²) in [5.74, 6) is -0.278. The van der Waals surface area contributed by atoms with Gasteiger partial charge < -0.3 is 14.6 Å². The number of halogens is 1. The Morgan fingerprint density at radius 3 is 2.93 bits per heavy atom. The molecule has 0 aliphatic heterocycles. The maximum Gasteiger partial charge on any atom is 0.257 e. The quantitative estimate of drug-likeness (QED) is 0.541. The lowest BCUT2D eigenvalue weighted by atomic mass is 10.1. The SMILES string of the molecule is COCCn1ccc2c(NC(=O)c3ccc(Cl)cc3-n3cnnn3)cccc21. The predicted octanol–water partition coefficient (Wildman–Crippen LogP) is 3.17. The second-order valence-electron chi connectivity index (χ2n) is 6.11. The molecular weight excluding hydrogens is 380 g/mol. The smallest absolute Gasteiger partial charge is 0.257 e. The van der Waals surface area contributed by atoms with E-state index in [-0.39, 0.29) is 5.91 Å². The summed E-state index contributed by atoms with van der Waals surface area (Å²) in [7, 11) is 1.67. The Kier molecular flexibility index (Phi) is 5.05. The number of ether oxygens (including phenoxy) is 1. The van der Waals surface area contributed by atoms with Gasteiger partial charge in [-0.3, -0.25) is 4.79 Å². The Morgan fingerprint density at radius 2 is 2.14 bits per heavy atom. The number of amides is 1. The summed E-state index contributed by atoms with van der Waals surface area (Å²) in [4.78, 5) is 13.0. The first-order valence-corrected chi connectivity index (χ1v) is 8.96. The fraction of sp³-hybridized carbons (Fsp3) is 0.158. The van der Waals surface area contributed by atoms with Crippen molar-refractivity contribution >= 4 is 34.1 Å². The summed E-state index contributed by atoms with van der Waals surface area (Å²) in [5, 5.41) is 15.5. The van der Waals surface area contributed by atoms with E-state index in [9.17, 15) is 4.79 Å². The highest BCUT2D eigenvalue weighted by molar-refractivity contribution is 6.31. The van der Waals surface area contributed by atoms with Crippen molar-refractivity contribution in [3.63, 3.8) is 0 Å². The van der Waals surface area contributed by atoms with Gasteiger partial charge in [0, 0.05) is 30.3 Å². The molecule has 0 saturated heterocycles. The molecule has 0 unspecified atom stereocenters. The summed E-state index contributed by atoms with van der Waals surface area (Å²) in [6.45, 7) is 1.35. The van der Waals surface area contributed by atoms with Crippen LogP contribution in [-0.2, 0) is 11.3 Å². The normalized spacial score (nSPS) is 11.1. The number of benzene rings is 2. The van der Waals surface area contributed by atoms with Crippen LogP contribution in [0.15, 0.2) is 55.0 Å². The van der Waals surface area contributed by atoms with Crippen molar-refractivity contribution in [3.05, 3.63) is 65.6 Å². The van der Waals surface area contributed by atoms with Crippen molar-refractivity contribution in [2.75, 3.05) is 19.0 Å². The van der Waals surface area contributed by atoms with Gasteiger partial charge in [-0.15, -0.1) is 5.10 Å². The number of anilines is 1. The molecule has 0 bridgehead atoms. The van der Waals surface area contributed by atoms with E-state index >= 15 is 0 Å². The van der Waals surface area contributed by atoms with Crippen LogP contribution in [0.2, 0.25) is 5.02 Å². The van der Waals surface area contributed by atoms with Crippen LogP contribution >= 0.6 is 11.6 Å². The van der Waals surface area contributed by atoms with Gasteiger partial charge in [0.15, 0.2) is 0 Å². The van der Waals surface area contributed by atoms with Gasteiger partial charge in [-0.25, -0.2) is 0 Å². The Morgan fingerprint density at radius 1 is 1.25 bits per heavy atom. The zero-order valence-electron chi connectivity index (χ0n) is 15.0. The van der Waals surface area contributed by atoms with Crippen LogP contribution in [0.25, 0.3) is 16.6 Å². The zero-order chi connectivity index (χ0) is 19.5. The number of carbonyl (C=O) groups is 1. The van der Waals surface area contributed by atoms with E-state index in [2.05, 4.69) is 25.4 Å². The molecule has 0 fully saturated rings. The molecule has 0 atom stereocenters. The first-order chi connectivity index (χ1) is 13.7. The van der Waals surface area contributed by atoms with E-state index in [1.165, 1.54) is 11.0 Å². The monoisotopic (exact) mass is 396 g/mol. The average Bonchev–Trinajstić information content (AvgIpc) is 3.37. The summed E-state index contributed by atoms with van der Waals surface area (Å²) in [6, 6.07) is 12.7. The molecular formula is C19H17ClN6O2. The summed E-state index contributed by atoms with van der Waals surface area (Å²) < 4.78 is 8.65. The number of hydrogen-bond acceptors (Lipinski definition) is 5. The highest BCUT2D eigenvalue weighted by Crippen LogP contribution is 2.26. The number of aromatic nitrogens is 5. The van der Waals surface area contributed by atoms with Crippen molar-refractivity contribution in [1.82, 2.24) is 24.8 Å². The second-order valence-corrected chi connectivity index (χ2v) is 6.55. The standard InChI is InChI=1S/C19H17ClN6O2/c1-28-10-9-25-8-7-14-16(3-2-4-17(14)25)22-19(27)15-6-5-13(20)11-18(15)26-12-21-23-24-26/h2-8,11-12H,9-10H2,1H3,(H,22,27). The minimum Gasteiger partial charge on any atom is -0.383 e. The molecule has 9 heteroatoms. The van der Waals surface area contributed by atoms with Gasteiger partial charge in [-0.05, 0) is 46.8 Å². The third kappa shape index (κ3) is 3.47. The van der Waals surface area contributed by atoms with E-state index in [1.807, 2.05) is 30.5 Å². The number of nitrogens with one attached hydrogen (secondary N) is 1. The molecule has 1 N–H and O–H groups in total. The number of carbonyl (C=O) groups excluding carboxylic acids is 1. The summed E-state index contributed by atoms with van der Waals surface area (Å²) >= 11 is 6.09.